The third kappa shape index (κ3) is 3.68. The Kier molecular flexibility index (Phi) is 5.21. The lowest BCUT2D eigenvalue weighted by Gasteiger charge is -2.47. The molecule has 5 nitrogen and oxygen atoms in total. The van der Waals surface area contributed by atoms with Gasteiger partial charge in [0.25, 0.3) is 0 Å². The average Bonchev–Trinajstić information content (AvgIpc) is 2.97. The fraction of sp³-hybridized carbons (Fsp3) is 0.476. The number of hydrogen-bond acceptors (Lipinski definition) is 4. The molecule has 3 rings (SSSR count). The topological polar surface area (TPSA) is 55.2 Å². The van der Waals surface area contributed by atoms with E-state index in [0.717, 1.165) is 28.4 Å². The van der Waals surface area contributed by atoms with Crippen LogP contribution in [0, 0.1) is 6.92 Å². The number of nitrogens with zero attached hydrogens (tertiary/aromatic N) is 3. The van der Waals surface area contributed by atoms with Crippen LogP contribution in [0.5, 0.6) is 0 Å². The Bertz CT molecular complexity index is 901. The van der Waals surface area contributed by atoms with Gasteiger partial charge in [0, 0.05) is 30.5 Å². The van der Waals surface area contributed by atoms with E-state index >= 15 is 0 Å². The van der Waals surface area contributed by atoms with E-state index < -0.39 is 0 Å². The number of aryl methyl sites for hydroxylation is 2. The molecule has 0 saturated heterocycles. The van der Waals surface area contributed by atoms with Crippen molar-refractivity contribution in [3.8, 4) is 0 Å². The zero-order chi connectivity index (χ0) is 19.9. The van der Waals surface area contributed by atoms with Crippen molar-refractivity contribution in [2.45, 2.75) is 57.7 Å². The van der Waals surface area contributed by atoms with Gasteiger partial charge in [0.1, 0.15) is 0 Å². The van der Waals surface area contributed by atoms with E-state index in [1.165, 1.54) is 11.8 Å². The summed E-state index contributed by atoms with van der Waals surface area (Å²) in [5.41, 5.74) is 3.22. The molecule has 1 amide bonds. The number of Topliss-reactive ketones (excluding diaryl/α,β-unsaturated/α-hetero) is 1. The molecule has 0 spiro atoms. The van der Waals surface area contributed by atoms with E-state index in [-0.39, 0.29) is 23.0 Å². The summed E-state index contributed by atoms with van der Waals surface area (Å²) in [6.45, 7) is 9.92. The molecule has 1 aliphatic rings. The number of thioether (sulfide) groups is 1. The number of anilines is 1. The molecule has 144 valence electrons. The van der Waals surface area contributed by atoms with Gasteiger partial charge in [-0.15, -0.1) is 0 Å². The summed E-state index contributed by atoms with van der Waals surface area (Å²) >= 11 is 1.42. The van der Waals surface area contributed by atoms with E-state index in [2.05, 4.69) is 31.8 Å². The van der Waals surface area contributed by atoms with E-state index in [1.807, 2.05) is 35.7 Å². The monoisotopic (exact) mass is 385 g/mol. The molecule has 0 N–H and O–H groups in total. The minimum absolute atomic E-state index is 0.00518. The first-order valence-corrected chi connectivity index (χ1v) is 10.2. The smallest absolute Gasteiger partial charge is 0.237 e. The molecule has 1 aromatic heterocycles. The zero-order valence-corrected chi connectivity index (χ0v) is 17.7. The molecule has 2 heterocycles. The van der Waals surface area contributed by atoms with Gasteiger partial charge in [-0.3, -0.25) is 9.59 Å². The van der Waals surface area contributed by atoms with Crippen LogP contribution < -0.4 is 4.90 Å². The van der Waals surface area contributed by atoms with Crippen molar-refractivity contribution >= 4 is 29.1 Å². The quantitative estimate of drug-likeness (QED) is 0.580. The number of fused-ring (bicyclic) bond motifs is 1. The molecule has 0 saturated carbocycles. The molecule has 0 unspecified atom stereocenters. The molecule has 0 bridgehead atoms. The van der Waals surface area contributed by atoms with E-state index in [0.29, 0.717) is 11.5 Å². The lowest BCUT2D eigenvalue weighted by atomic mass is 9.78. The van der Waals surface area contributed by atoms with Crippen molar-refractivity contribution in [2.24, 2.45) is 7.05 Å². The van der Waals surface area contributed by atoms with Crippen molar-refractivity contribution in [3.63, 3.8) is 0 Å². The highest BCUT2D eigenvalue weighted by atomic mass is 32.2. The van der Waals surface area contributed by atoms with Crippen LogP contribution in [0.4, 0.5) is 5.69 Å². The third-order valence-electron chi connectivity index (χ3n) is 5.18. The summed E-state index contributed by atoms with van der Waals surface area (Å²) < 4.78 is 1.90. The summed E-state index contributed by atoms with van der Waals surface area (Å²) in [5.74, 6) is 0.578. The van der Waals surface area contributed by atoms with Crippen LogP contribution in [0.15, 0.2) is 29.7 Å². The fourth-order valence-electron chi connectivity index (χ4n) is 4.10. The second-order valence-electron chi connectivity index (χ2n) is 8.06. The number of rotatable bonds is 4. The Labute approximate surface area is 165 Å². The zero-order valence-electron chi connectivity index (χ0n) is 16.9. The van der Waals surface area contributed by atoms with Crippen LogP contribution in [-0.4, -0.2) is 32.5 Å². The number of carbonyl (C=O) groups is 2. The Morgan fingerprint density at radius 3 is 2.63 bits per heavy atom. The second-order valence-corrected chi connectivity index (χ2v) is 9.01. The predicted molar refractivity (Wildman–Crippen MR) is 110 cm³/mol. The SMILES string of the molecule is CC(=O)c1cc(C)cc2c1N(C(=O)CSc1nccn1C)C(C)(C)C[C@@H]2C. The van der Waals surface area contributed by atoms with Gasteiger partial charge in [-0.1, -0.05) is 24.8 Å². The largest absolute Gasteiger partial charge is 0.329 e. The summed E-state index contributed by atoms with van der Waals surface area (Å²) in [6.07, 6.45) is 4.45. The highest BCUT2D eigenvalue weighted by Gasteiger charge is 2.41. The minimum atomic E-state index is -0.356. The van der Waals surface area contributed by atoms with Crippen molar-refractivity contribution in [1.29, 1.82) is 0 Å². The Balaban J connectivity index is 2.03. The van der Waals surface area contributed by atoms with Gasteiger partial charge in [0.2, 0.25) is 5.91 Å². The summed E-state index contributed by atoms with van der Waals surface area (Å²) in [6, 6.07) is 4.02. The molecule has 0 fully saturated rings. The minimum Gasteiger partial charge on any atom is -0.329 e. The summed E-state index contributed by atoms with van der Waals surface area (Å²) in [4.78, 5) is 31.8. The molecule has 0 radical (unpaired) electrons. The predicted octanol–water partition coefficient (Wildman–Crippen LogP) is 4.34. The van der Waals surface area contributed by atoms with Crippen LogP contribution in [0.25, 0.3) is 0 Å². The number of amides is 1. The highest BCUT2D eigenvalue weighted by molar-refractivity contribution is 7.99. The van der Waals surface area contributed by atoms with Crippen molar-refractivity contribution in [1.82, 2.24) is 9.55 Å². The van der Waals surface area contributed by atoms with E-state index in [1.54, 1.807) is 13.1 Å². The van der Waals surface area contributed by atoms with Crippen LogP contribution in [0.1, 0.15) is 61.5 Å². The lowest BCUT2D eigenvalue weighted by molar-refractivity contribution is -0.117. The van der Waals surface area contributed by atoms with Gasteiger partial charge < -0.3 is 9.47 Å². The molecule has 2 aromatic rings. The van der Waals surface area contributed by atoms with E-state index in [9.17, 15) is 9.59 Å². The first kappa shape index (κ1) is 19.7. The van der Waals surface area contributed by atoms with E-state index in [4.69, 9.17) is 0 Å². The van der Waals surface area contributed by atoms with Gasteiger partial charge in [0.05, 0.1) is 11.4 Å². The van der Waals surface area contributed by atoms with Gasteiger partial charge >= 0.3 is 0 Å². The second kappa shape index (κ2) is 7.15. The van der Waals surface area contributed by atoms with Crippen molar-refractivity contribution in [2.75, 3.05) is 10.7 Å². The molecular formula is C21H27N3O2S. The Hall–Kier alpha value is -2.08. The van der Waals surface area contributed by atoms with Gasteiger partial charge in [-0.25, -0.2) is 4.98 Å². The first-order chi connectivity index (χ1) is 12.6. The molecular weight excluding hydrogens is 358 g/mol. The number of imidazole rings is 1. The maximum Gasteiger partial charge on any atom is 0.237 e. The Morgan fingerprint density at radius 2 is 2.04 bits per heavy atom. The van der Waals surface area contributed by atoms with Crippen LogP contribution >= 0.6 is 11.8 Å². The number of hydrogen-bond donors (Lipinski definition) is 0. The van der Waals surface area contributed by atoms with Crippen LogP contribution in [0.2, 0.25) is 0 Å². The Morgan fingerprint density at radius 1 is 1.33 bits per heavy atom. The number of ketones is 1. The number of carbonyl (C=O) groups excluding carboxylic acids is 2. The third-order valence-corrected chi connectivity index (χ3v) is 6.22. The van der Waals surface area contributed by atoms with Crippen LogP contribution in [-0.2, 0) is 11.8 Å². The maximum atomic E-state index is 13.3. The average molecular weight is 386 g/mol. The first-order valence-electron chi connectivity index (χ1n) is 9.20. The number of aromatic nitrogens is 2. The van der Waals surface area contributed by atoms with Crippen molar-refractivity contribution in [3.05, 3.63) is 41.2 Å². The summed E-state index contributed by atoms with van der Waals surface area (Å²) in [7, 11) is 1.91. The van der Waals surface area contributed by atoms with Gasteiger partial charge in [-0.05, 0) is 57.2 Å². The molecule has 0 aliphatic carbocycles. The van der Waals surface area contributed by atoms with Gasteiger partial charge in [-0.2, -0.15) is 0 Å². The standard InChI is InChI=1S/C21H27N3O2S/c1-13-9-16-14(2)11-21(4,5)24(19(16)17(10-13)15(3)25)18(26)12-27-20-22-7-8-23(20)6/h7-10,14H,11-12H2,1-6H3/t14-/m0/s1. The highest BCUT2D eigenvalue weighted by Crippen LogP contribution is 2.46. The molecule has 1 atom stereocenters. The van der Waals surface area contributed by atoms with Crippen molar-refractivity contribution < 1.29 is 9.59 Å². The van der Waals surface area contributed by atoms with Gasteiger partial charge in [0.15, 0.2) is 10.9 Å². The molecule has 27 heavy (non-hydrogen) atoms. The maximum absolute atomic E-state index is 13.3. The molecule has 1 aromatic carbocycles. The fourth-order valence-corrected chi connectivity index (χ4v) is 4.88. The normalized spacial score (nSPS) is 18.3. The number of benzene rings is 1. The summed E-state index contributed by atoms with van der Waals surface area (Å²) in [5, 5.41) is 0.808. The molecule has 6 heteroatoms. The van der Waals surface area contributed by atoms with Crippen LogP contribution in [0.3, 0.4) is 0 Å². The molecule has 1 aliphatic heterocycles. The lowest BCUT2D eigenvalue weighted by Crippen LogP contribution is -2.53.